The summed E-state index contributed by atoms with van der Waals surface area (Å²) in [6, 6.07) is 5.24. The topological polar surface area (TPSA) is 70.7 Å². The summed E-state index contributed by atoms with van der Waals surface area (Å²) in [7, 11) is 1.38. The first-order chi connectivity index (χ1) is 13.3. The van der Waals surface area contributed by atoms with Crippen LogP contribution in [0.25, 0.3) is 0 Å². The number of rotatable bonds is 4. The number of hydrogen-bond donors (Lipinski definition) is 2. The van der Waals surface area contributed by atoms with E-state index in [-0.39, 0.29) is 6.03 Å². The molecule has 0 saturated carbocycles. The molecule has 0 spiro atoms. The second-order valence-electron chi connectivity index (χ2n) is 8.42. The van der Waals surface area contributed by atoms with Crippen molar-refractivity contribution in [3.8, 4) is 0 Å². The molecule has 1 aromatic rings. The minimum atomic E-state index is -0.517. The Morgan fingerprint density at radius 1 is 1.21 bits per heavy atom. The fraction of sp³-hybridized carbons (Fsp3) is 0.545. The summed E-state index contributed by atoms with van der Waals surface area (Å²) in [5.41, 5.74) is 4.22. The molecule has 3 rings (SSSR count). The Balaban J connectivity index is 2.00. The van der Waals surface area contributed by atoms with Gasteiger partial charge in [0.25, 0.3) is 0 Å². The molecule has 2 amide bonds. The van der Waals surface area contributed by atoms with Crippen molar-refractivity contribution in [3.05, 3.63) is 46.2 Å². The van der Waals surface area contributed by atoms with Gasteiger partial charge in [0.2, 0.25) is 0 Å². The van der Waals surface area contributed by atoms with E-state index in [0.717, 1.165) is 29.8 Å². The van der Waals surface area contributed by atoms with Gasteiger partial charge in [0.1, 0.15) is 0 Å². The van der Waals surface area contributed by atoms with E-state index in [1.54, 1.807) is 0 Å². The fourth-order valence-corrected chi connectivity index (χ4v) is 4.62. The molecule has 6 heteroatoms. The number of nitrogens with zero attached hydrogens (tertiary/aromatic N) is 1. The molecule has 152 valence electrons. The van der Waals surface area contributed by atoms with Crippen LogP contribution in [-0.2, 0) is 9.53 Å². The van der Waals surface area contributed by atoms with Crippen LogP contribution in [0.3, 0.4) is 0 Å². The number of piperidine rings is 1. The van der Waals surface area contributed by atoms with Crippen molar-refractivity contribution >= 4 is 12.0 Å². The Labute approximate surface area is 167 Å². The third kappa shape index (κ3) is 4.38. The number of urea groups is 1. The summed E-state index contributed by atoms with van der Waals surface area (Å²) in [6.07, 6.45) is 1.21. The van der Waals surface area contributed by atoms with E-state index in [1.165, 1.54) is 13.5 Å². The third-order valence-electron chi connectivity index (χ3n) is 5.62. The fourth-order valence-electron chi connectivity index (χ4n) is 4.62. The maximum atomic E-state index is 12.7. The van der Waals surface area contributed by atoms with Crippen molar-refractivity contribution < 1.29 is 14.3 Å². The maximum absolute atomic E-state index is 12.7. The molecular formula is C22H31N3O3. The monoisotopic (exact) mass is 385 g/mol. The third-order valence-corrected chi connectivity index (χ3v) is 5.62. The van der Waals surface area contributed by atoms with Crippen LogP contribution in [0.15, 0.2) is 29.5 Å². The lowest BCUT2D eigenvalue weighted by molar-refractivity contribution is -0.136. The molecule has 1 saturated heterocycles. The van der Waals surface area contributed by atoms with E-state index in [2.05, 4.69) is 35.4 Å². The minimum absolute atomic E-state index is 0.286. The van der Waals surface area contributed by atoms with Gasteiger partial charge in [0.05, 0.1) is 18.7 Å². The number of carbonyl (C=O) groups is 2. The van der Waals surface area contributed by atoms with Gasteiger partial charge in [-0.25, -0.2) is 9.59 Å². The zero-order valence-electron chi connectivity index (χ0n) is 17.5. The van der Waals surface area contributed by atoms with Gasteiger partial charge in [-0.15, -0.1) is 0 Å². The Hall–Kier alpha value is -2.34. The summed E-state index contributed by atoms with van der Waals surface area (Å²) < 4.78 is 5.10. The zero-order valence-corrected chi connectivity index (χ0v) is 17.5. The Kier molecular flexibility index (Phi) is 6.08. The SMILES string of the molecule is COC(=O)C1=C(CN2C[C@H](C)C[C@H](C)C2)NC(=O)N[C@@H]1c1ccc(C)cc1C. The summed E-state index contributed by atoms with van der Waals surface area (Å²) in [4.78, 5) is 27.5. The van der Waals surface area contributed by atoms with Crippen LogP contribution in [0.2, 0.25) is 0 Å². The molecule has 28 heavy (non-hydrogen) atoms. The van der Waals surface area contributed by atoms with Crippen LogP contribution in [0.1, 0.15) is 43.0 Å². The van der Waals surface area contributed by atoms with Gasteiger partial charge < -0.3 is 15.4 Å². The highest BCUT2D eigenvalue weighted by atomic mass is 16.5. The van der Waals surface area contributed by atoms with Crippen LogP contribution in [0, 0.1) is 25.7 Å². The van der Waals surface area contributed by atoms with Crippen LogP contribution >= 0.6 is 0 Å². The molecule has 0 aromatic heterocycles. The summed E-state index contributed by atoms with van der Waals surface area (Å²) in [5, 5.41) is 5.79. The average molecular weight is 386 g/mol. The van der Waals surface area contributed by atoms with Crippen molar-refractivity contribution in [2.75, 3.05) is 26.7 Å². The second-order valence-corrected chi connectivity index (χ2v) is 8.42. The highest BCUT2D eigenvalue weighted by molar-refractivity contribution is 5.95. The lowest BCUT2D eigenvalue weighted by atomic mass is 9.89. The molecule has 0 bridgehead atoms. The molecule has 1 aromatic carbocycles. The second kappa shape index (κ2) is 8.35. The molecule has 1 fully saturated rings. The molecule has 0 aliphatic carbocycles. The molecule has 2 heterocycles. The largest absolute Gasteiger partial charge is 0.466 e. The highest BCUT2D eigenvalue weighted by Crippen LogP contribution is 2.31. The van der Waals surface area contributed by atoms with E-state index < -0.39 is 12.0 Å². The minimum Gasteiger partial charge on any atom is -0.466 e. The lowest BCUT2D eigenvalue weighted by Crippen LogP contribution is -2.50. The summed E-state index contributed by atoms with van der Waals surface area (Å²) >= 11 is 0. The van der Waals surface area contributed by atoms with Gasteiger partial charge in [0.15, 0.2) is 0 Å². The van der Waals surface area contributed by atoms with Crippen molar-refractivity contribution in [1.29, 1.82) is 0 Å². The van der Waals surface area contributed by atoms with E-state index >= 15 is 0 Å². The van der Waals surface area contributed by atoms with Gasteiger partial charge in [-0.1, -0.05) is 37.6 Å². The number of amides is 2. The van der Waals surface area contributed by atoms with Gasteiger partial charge in [0, 0.05) is 25.3 Å². The number of benzene rings is 1. The number of nitrogens with one attached hydrogen (secondary N) is 2. The molecular weight excluding hydrogens is 354 g/mol. The first kappa shape index (κ1) is 20.4. The number of hydrogen-bond acceptors (Lipinski definition) is 4. The number of carbonyl (C=O) groups excluding carboxylic acids is 2. The number of methoxy groups -OCH3 is 1. The van der Waals surface area contributed by atoms with Crippen LogP contribution in [-0.4, -0.2) is 43.6 Å². The zero-order chi connectivity index (χ0) is 20.4. The van der Waals surface area contributed by atoms with Gasteiger partial charge in [-0.05, 0) is 43.2 Å². The number of esters is 1. The van der Waals surface area contributed by atoms with E-state index in [4.69, 9.17) is 4.74 Å². The standard InChI is InChI=1S/C22H31N3O3/c1-13-6-7-17(16(4)9-13)20-19(21(26)28-5)18(23-22(27)24-20)12-25-10-14(2)8-15(3)11-25/h6-7,9,14-15,20H,8,10-12H2,1-5H3,(H2,23,24,27)/t14-,15+,20-/m1/s1. The Morgan fingerprint density at radius 2 is 1.89 bits per heavy atom. The van der Waals surface area contributed by atoms with Crippen molar-refractivity contribution in [2.24, 2.45) is 11.8 Å². The molecule has 2 aliphatic heterocycles. The van der Waals surface area contributed by atoms with Crippen LogP contribution in [0.4, 0.5) is 4.79 Å². The average Bonchev–Trinajstić information content (AvgIpc) is 2.59. The smallest absolute Gasteiger partial charge is 0.338 e. The summed E-state index contributed by atoms with van der Waals surface area (Å²) in [5.74, 6) is 0.780. The molecule has 0 unspecified atom stereocenters. The predicted molar refractivity (Wildman–Crippen MR) is 109 cm³/mol. The van der Waals surface area contributed by atoms with Crippen LogP contribution in [0.5, 0.6) is 0 Å². The number of likely N-dealkylation sites (tertiary alicyclic amines) is 1. The van der Waals surface area contributed by atoms with Gasteiger partial charge in [-0.3, -0.25) is 4.90 Å². The number of ether oxygens (including phenoxy) is 1. The Morgan fingerprint density at radius 3 is 2.50 bits per heavy atom. The van der Waals surface area contributed by atoms with Crippen molar-refractivity contribution in [1.82, 2.24) is 15.5 Å². The van der Waals surface area contributed by atoms with E-state index in [1.807, 2.05) is 26.0 Å². The molecule has 2 aliphatic rings. The van der Waals surface area contributed by atoms with Gasteiger partial charge >= 0.3 is 12.0 Å². The maximum Gasteiger partial charge on any atom is 0.338 e. The predicted octanol–water partition coefficient (Wildman–Crippen LogP) is 3.06. The van der Waals surface area contributed by atoms with Crippen LogP contribution < -0.4 is 10.6 Å². The molecule has 6 nitrogen and oxygen atoms in total. The molecule has 3 atom stereocenters. The van der Waals surface area contributed by atoms with Crippen molar-refractivity contribution in [3.63, 3.8) is 0 Å². The van der Waals surface area contributed by atoms with Crippen molar-refractivity contribution in [2.45, 2.75) is 40.2 Å². The highest BCUT2D eigenvalue weighted by Gasteiger charge is 2.35. The van der Waals surface area contributed by atoms with E-state index in [0.29, 0.717) is 29.7 Å². The molecule has 0 radical (unpaired) electrons. The van der Waals surface area contributed by atoms with Gasteiger partial charge in [-0.2, -0.15) is 0 Å². The first-order valence-electron chi connectivity index (χ1n) is 9.96. The lowest BCUT2D eigenvalue weighted by Gasteiger charge is -2.37. The first-order valence-corrected chi connectivity index (χ1v) is 9.96. The quantitative estimate of drug-likeness (QED) is 0.782. The summed E-state index contributed by atoms with van der Waals surface area (Å²) in [6.45, 7) is 11.0. The normalized spacial score (nSPS) is 25.9. The molecule has 2 N–H and O–H groups in total. The van der Waals surface area contributed by atoms with E-state index in [9.17, 15) is 9.59 Å². The number of aryl methyl sites for hydroxylation is 2. The Bertz CT molecular complexity index is 792.